The zero-order valence-corrected chi connectivity index (χ0v) is 7.23. The van der Waals surface area contributed by atoms with Gasteiger partial charge in [0, 0.05) is 6.20 Å². The van der Waals surface area contributed by atoms with Crippen LogP contribution in [0, 0.1) is 0 Å². The van der Waals surface area contributed by atoms with Crippen LogP contribution in [0.2, 0.25) is 0 Å². The van der Waals surface area contributed by atoms with Gasteiger partial charge in [0.15, 0.2) is 5.78 Å². The van der Waals surface area contributed by atoms with Crippen LogP contribution in [0.4, 0.5) is 0 Å². The van der Waals surface area contributed by atoms with Crippen molar-refractivity contribution in [1.82, 2.24) is 4.98 Å². The van der Waals surface area contributed by atoms with Crippen molar-refractivity contribution in [2.75, 3.05) is 5.88 Å². The Morgan fingerprint density at radius 2 is 2.27 bits per heavy atom. The van der Waals surface area contributed by atoms with Crippen LogP contribution in [0.3, 0.4) is 0 Å². The van der Waals surface area contributed by atoms with E-state index in [1.807, 2.05) is 0 Å². The lowest BCUT2D eigenvalue weighted by atomic mass is 10.3. The summed E-state index contributed by atoms with van der Waals surface area (Å²) in [4.78, 5) is 14.6. The van der Waals surface area contributed by atoms with E-state index < -0.39 is 0 Å². The summed E-state index contributed by atoms with van der Waals surface area (Å²) in [6, 6.07) is 5.16. The second-order valence-corrected chi connectivity index (χ2v) is 2.04. The van der Waals surface area contributed by atoms with Gasteiger partial charge in [-0.1, -0.05) is 6.07 Å². The van der Waals surface area contributed by atoms with Crippen molar-refractivity contribution in [3.63, 3.8) is 0 Å². The molecule has 0 aliphatic carbocycles. The van der Waals surface area contributed by atoms with Crippen LogP contribution < -0.4 is 0 Å². The Labute approximate surface area is 76.0 Å². The van der Waals surface area contributed by atoms with Gasteiger partial charge in [0.2, 0.25) is 0 Å². The summed E-state index contributed by atoms with van der Waals surface area (Å²) in [5.74, 6) is -0.140. The SMILES string of the molecule is Cl.O=C(CCl)c1ccccn1. The summed E-state index contributed by atoms with van der Waals surface area (Å²) in [7, 11) is 0. The number of ketones is 1. The molecule has 0 atom stereocenters. The van der Waals surface area contributed by atoms with Crippen LogP contribution in [0.15, 0.2) is 24.4 Å². The van der Waals surface area contributed by atoms with Gasteiger partial charge in [-0.15, -0.1) is 24.0 Å². The first kappa shape index (κ1) is 10.4. The van der Waals surface area contributed by atoms with E-state index in [0.29, 0.717) is 5.69 Å². The molecule has 0 aromatic carbocycles. The van der Waals surface area contributed by atoms with Crippen LogP contribution in [0.1, 0.15) is 10.5 Å². The van der Waals surface area contributed by atoms with Gasteiger partial charge in [-0.3, -0.25) is 9.78 Å². The minimum absolute atomic E-state index is 0. The molecule has 0 amide bonds. The molecular weight excluding hydrogens is 185 g/mol. The van der Waals surface area contributed by atoms with E-state index >= 15 is 0 Å². The van der Waals surface area contributed by atoms with Gasteiger partial charge in [-0.2, -0.15) is 0 Å². The topological polar surface area (TPSA) is 30.0 Å². The fourth-order valence-corrected chi connectivity index (χ4v) is 0.733. The average molecular weight is 192 g/mol. The lowest BCUT2D eigenvalue weighted by molar-refractivity contribution is 0.101. The van der Waals surface area contributed by atoms with E-state index in [2.05, 4.69) is 4.98 Å². The molecule has 0 aliphatic heterocycles. The maximum absolute atomic E-state index is 10.8. The fourth-order valence-electron chi connectivity index (χ4n) is 0.596. The first-order chi connectivity index (χ1) is 4.84. The Morgan fingerprint density at radius 3 is 2.73 bits per heavy atom. The van der Waals surface area contributed by atoms with E-state index in [-0.39, 0.29) is 24.1 Å². The smallest absolute Gasteiger partial charge is 0.195 e. The van der Waals surface area contributed by atoms with Crippen molar-refractivity contribution in [2.45, 2.75) is 0 Å². The molecule has 0 radical (unpaired) electrons. The molecule has 11 heavy (non-hydrogen) atoms. The lowest BCUT2D eigenvalue weighted by Gasteiger charge is -1.91. The van der Waals surface area contributed by atoms with Gasteiger partial charge >= 0.3 is 0 Å². The van der Waals surface area contributed by atoms with Crippen molar-refractivity contribution in [2.24, 2.45) is 0 Å². The number of nitrogens with zero attached hydrogens (tertiary/aromatic N) is 1. The van der Waals surface area contributed by atoms with Gasteiger partial charge in [-0.25, -0.2) is 0 Å². The van der Waals surface area contributed by atoms with Crippen molar-refractivity contribution in [3.8, 4) is 0 Å². The molecule has 0 N–H and O–H groups in total. The number of hydrogen-bond donors (Lipinski definition) is 0. The third kappa shape index (κ3) is 2.87. The van der Waals surface area contributed by atoms with Crippen LogP contribution in [0.25, 0.3) is 0 Å². The monoisotopic (exact) mass is 191 g/mol. The molecule has 1 aromatic heterocycles. The number of carbonyl (C=O) groups excluding carboxylic acids is 1. The first-order valence-corrected chi connectivity index (χ1v) is 3.38. The third-order valence-corrected chi connectivity index (χ3v) is 1.31. The number of pyridine rings is 1. The highest BCUT2D eigenvalue weighted by molar-refractivity contribution is 6.30. The van der Waals surface area contributed by atoms with Gasteiger partial charge < -0.3 is 0 Å². The quantitative estimate of drug-likeness (QED) is 0.529. The lowest BCUT2D eigenvalue weighted by Crippen LogP contribution is -2.01. The average Bonchev–Trinajstić information content (AvgIpc) is 2.05. The first-order valence-electron chi connectivity index (χ1n) is 2.85. The van der Waals surface area contributed by atoms with Crippen molar-refractivity contribution in [3.05, 3.63) is 30.1 Å². The normalized spacial score (nSPS) is 8.45. The number of alkyl halides is 1. The molecule has 0 aliphatic rings. The molecule has 0 bridgehead atoms. The number of rotatable bonds is 2. The molecule has 1 heterocycles. The summed E-state index contributed by atoms with van der Waals surface area (Å²) in [6.07, 6.45) is 1.57. The van der Waals surface area contributed by atoms with Crippen LogP contribution in [0.5, 0.6) is 0 Å². The summed E-state index contributed by atoms with van der Waals surface area (Å²) in [5.41, 5.74) is 0.428. The van der Waals surface area contributed by atoms with Crippen LogP contribution >= 0.6 is 24.0 Å². The Kier molecular flexibility index (Phi) is 4.83. The van der Waals surface area contributed by atoms with Gasteiger partial charge in [0.05, 0.1) is 5.88 Å². The van der Waals surface area contributed by atoms with Gasteiger partial charge in [0.1, 0.15) is 5.69 Å². The summed E-state index contributed by atoms with van der Waals surface area (Å²) in [6.45, 7) is 0. The number of aromatic nitrogens is 1. The predicted octanol–water partition coefficient (Wildman–Crippen LogP) is 1.92. The molecule has 2 nitrogen and oxygen atoms in total. The van der Waals surface area contributed by atoms with Crippen molar-refractivity contribution in [1.29, 1.82) is 0 Å². The Morgan fingerprint density at radius 1 is 1.55 bits per heavy atom. The molecule has 60 valence electrons. The number of hydrogen-bond acceptors (Lipinski definition) is 2. The van der Waals surface area contributed by atoms with Crippen molar-refractivity contribution >= 4 is 29.8 Å². The third-order valence-electron chi connectivity index (χ3n) is 1.07. The summed E-state index contributed by atoms with van der Waals surface area (Å²) < 4.78 is 0. The van der Waals surface area contributed by atoms with Crippen LogP contribution in [-0.4, -0.2) is 16.6 Å². The van der Waals surface area contributed by atoms with Crippen LogP contribution in [-0.2, 0) is 0 Å². The molecule has 1 aromatic rings. The molecule has 1 rings (SSSR count). The molecule has 0 unspecified atom stereocenters. The second kappa shape index (κ2) is 5.10. The summed E-state index contributed by atoms with van der Waals surface area (Å²) >= 11 is 5.30. The minimum atomic E-state index is -0.137. The molecule has 4 heteroatoms. The highest BCUT2D eigenvalue weighted by Gasteiger charge is 2.01. The molecule has 0 saturated carbocycles. The largest absolute Gasteiger partial charge is 0.291 e. The maximum Gasteiger partial charge on any atom is 0.195 e. The van der Waals surface area contributed by atoms with E-state index in [1.54, 1.807) is 24.4 Å². The zero-order chi connectivity index (χ0) is 7.40. The van der Waals surface area contributed by atoms with Crippen molar-refractivity contribution < 1.29 is 4.79 Å². The van der Waals surface area contributed by atoms with Gasteiger partial charge in [-0.05, 0) is 12.1 Å². The number of carbonyl (C=O) groups is 1. The minimum Gasteiger partial charge on any atom is -0.291 e. The number of Topliss-reactive ketones (excluding diaryl/α,β-unsaturated/α-hetero) is 1. The number of halogens is 2. The Hall–Kier alpha value is -0.600. The highest BCUT2D eigenvalue weighted by atomic mass is 35.5. The predicted molar refractivity (Wildman–Crippen MR) is 46.5 cm³/mol. The zero-order valence-electron chi connectivity index (χ0n) is 5.66. The molecule has 0 fully saturated rings. The van der Waals surface area contributed by atoms with Gasteiger partial charge in [0.25, 0.3) is 0 Å². The highest BCUT2D eigenvalue weighted by Crippen LogP contribution is 1.95. The van der Waals surface area contributed by atoms with E-state index in [9.17, 15) is 4.79 Å². The summed E-state index contributed by atoms with van der Waals surface area (Å²) in [5, 5.41) is 0. The fraction of sp³-hybridized carbons (Fsp3) is 0.143. The van der Waals surface area contributed by atoms with E-state index in [4.69, 9.17) is 11.6 Å². The Bertz CT molecular complexity index is 225. The second-order valence-electron chi connectivity index (χ2n) is 1.77. The molecular formula is C7H7Cl2NO. The maximum atomic E-state index is 10.8. The van der Waals surface area contributed by atoms with E-state index in [0.717, 1.165) is 0 Å². The van der Waals surface area contributed by atoms with E-state index in [1.165, 1.54) is 0 Å². The molecule has 0 spiro atoms. The standard InChI is InChI=1S/C7H6ClNO.ClH/c8-5-7(10)6-3-1-2-4-9-6;/h1-4H,5H2;1H. The molecule has 0 saturated heterocycles. The Balaban J connectivity index is 0.000001000.